The lowest BCUT2D eigenvalue weighted by molar-refractivity contribution is 0.278. The fourth-order valence-electron chi connectivity index (χ4n) is 1.85. The topological polar surface area (TPSA) is 50.8 Å². The summed E-state index contributed by atoms with van der Waals surface area (Å²) in [4.78, 5) is 4.33. The lowest BCUT2D eigenvalue weighted by atomic mass is 10.1. The molecule has 1 aromatic heterocycles. The number of fused-ring (bicyclic) bond motifs is 1. The molecule has 0 saturated carbocycles. The number of aromatic amines is 1. The molecule has 0 saturated heterocycles. The summed E-state index contributed by atoms with van der Waals surface area (Å²) < 4.78 is 19.6. The maximum atomic E-state index is 14.1. The molecule has 0 fully saturated rings. The van der Waals surface area contributed by atoms with Gasteiger partial charge >= 0.3 is 0 Å². The predicted octanol–water partition coefficient (Wildman–Crippen LogP) is 3.07. The van der Waals surface area contributed by atoms with Crippen LogP contribution < -0.4 is 4.74 Å². The van der Waals surface area contributed by atoms with Crippen molar-refractivity contribution in [3.63, 3.8) is 0 Å². The number of rotatable bonds is 2. The second-order valence-electron chi connectivity index (χ2n) is 3.83. The van der Waals surface area contributed by atoms with Crippen molar-refractivity contribution in [3.05, 3.63) is 28.8 Å². The maximum absolute atomic E-state index is 14.1. The van der Waals surface area contributed by atoms with Crippen LogP contribution >= 0.6 is 23.4 Å². The first kappa shape index (κ1) is 11.8. The van der Waals surface area contributed by atoms with Crippen molar-refractivity contribution in [1.29, 1.82) is 0 Å². The lowest BCUT2D eigenvalue weighted by Gasteiger charge is -2.20. The molecule has 1 N–H and O–H groups in total. The molecule has 1 aromatic carbocycles. The van der Waals surface area contributed by atoms with Crippen molar-refractivity contribution < 1.29 is 9.13 Å². The molecular formula is C11H9ClFN3OS. The molecule has 94 valence electrons. The molecule has 4 nitrogen and oxygen atoms in total. The van der Waals surface area contributed by atoms with Crippen molar-refractivity contribution >= 4 is 23.4 Å². The van der Waals surface area contributed by atoms with Crippen molar-refractivity contribution in [2.75, 3.05) is 6.61 Å². The van der Waals surface area contributed by atoms with Gasteiger partial charge < -0.3 is 4.74 Å². The Kier molecular flexibility index (Phi) is 3.13. The second-order valence-corrected chi connectivity index (χ2v) is 5.24. The van der Waals surface area contributed by atoms with Crippen LogP contribution in [-0.2, 0) is 6.42 Å². The fourth-order valence-corrected chi connectivity index (χ4v) is 3.00. The summed E-state index contributed by atoms with van der Waals surface area (Å²) in [5.41, 5.74) is 0.940. The van der Waals surface area contributed by atoms with Crippen LogP contribution in [0.1, 0.15) is 12.0 Å². The molecule has 1 aliphatic rings. The van der Waals surface area contributed by atoms with Gasteiger partial charge in [0.05, 0.1) is 16.5 Å². The van der Waals surface area contributed by atoms with Gasteiger partial charge in [0.1, 0.15) is 12.1 Å². The average Bonchev–Trinajstić information content (AvgIpc) is 2.88. The normalized spacial score (nSPS) is 14.1. The summed E-state index contributed by atoms with van der Waals surface area (Å²) in [5.74, 6) is 0.100. The Labute approximate surface area is 112 Å². The van der Waals surface area contributed by atoms with Gasteiger partial charge in [-0.15, -0.1) is 0 Å². The number of halogens is 2. The van der Waals surface area contributed by atoms with Gasteiger partial charge in [0.25, 0.3) is 0 Å². The van der Waals surface area contributed by atoms with Crippen molar-refractivity contribution in [3.8, 4) is 5.75 Å². The first-order valence-corrected chi connectivity index (χ1v) is 6.62. The quantitative estimate of drug-likeness (QED) is 0.921. The number of ether oxygens (including phenoxy) is 1. The van der Waals surface area contributed by atoms with Crippen LogP contribution in [-0.4, -0.2) is 21.8 Å². The number of benzene rings is 1. The van der Waals surface area contributed by atoms with E-state index in [4.69, 9.17) is 16.3 Å². The molecule has 7 heteroatoms. The van der Waals surface area contributed by atoms with Gasteiger partial charge in [0, 0.05) is 0 Å². The van der Waals surface area contributed by atoms with E-state index in [2.05, 4.69) is 15.2 Å². The molecule has 0 amide bonds. The summed E-state index contributed by atoms with van der Waals surface area (Å²) in [6.07, 6.45) is 3.14. The minimum Gasteiger partial charge on any atom is -0.492 e. The largest absolute Gasteiger partial charge is 0.492 e. The predicted molar refractivity (Wildman–Crippen MR) is 65.7 cm³/mol. The third-order valence-electron chi connectivity index (χ3n) is 2.64. The van der Waals surface area contributed by atoms with Gasteiger partial charge in [0.15, 0.2) is 11.0 Å². The SMILES string of the molecule is Fc1c(Cl)cc2c(c1Sc1ncn[nH]1)OCCC2. The summed E-state index contributed by atoms with van der Waals surface area (Å²) in [6, 6.07) is 1.63. The molecule has 3 rings (SSSR count). The zero-order chi connectivity index (χ0) is 12.5. The van der Waals surface area contributed by atoms with Crippen LogP contribution in [0.2, 0.25) is 5.02 Å². The van der Waals surface area contributed by atoms with E-state index < -0.39 is 5.82 Å². The number of hydrogen-bond donors (Lipinski definition) is 1. The number of H-pyrrole nitrogens is 1. The molecule has 0 atom stereocenters. The molecule has 1 aliphatic heterocycles. The van der Waals surface area contributed by atoms with E-state index in [1.54, 1.807) is 6.07 Å². The molecule has 2 aromatic rings. The first-order chi connectivity index (χ1) is 8.75. The molecule has 0 bridgehead atoms. The molecule has 0 radical (unpaired) electrons. The maximum Gasteiger partial charge on any atom is 0.188 e. The minimum absolute atomic E-state index is 0.112. The summed E-state index contributed by atoms with van der Waals surface area (Å²) in [5, 5.41) is 7.02. The third-order valence-corrected chi connectivity index (χ3v) is 3.87. The van der Waals surface area contributed by atoms with Crippen LogP contribution in [0.4, 0.5) is 4.39 Å². The third kappa shape index (κ3) is 2.06. The average molecular weight is 286 g/mol. The highest BCUT2D eigenvalue weighted by Crippen LogP contribution is 2.42. The lowest BCUT2D eigenvalue weighted by Crippen LogP contribution is -2.10. The Morgan fingerprint density at radius 1 is 1.50 bits per heavy atom. The Morgan fingerprint density at radius 2 is 2.39 bits per heavy atom. The van der Waals surface area contributed by atoms with Gasteiger partial charge in [0.2, 0.25) is 0 Å². The highest BCUT2D eigenvalue weighted by molar-refractivity contribution is 7.99. The number of nitrogens with zero attached hydrogens (tertiary/aromatic N) is 2. The van der Waals surface area contributed by atoms with Gasteiger partial charge in [-0.1, -0.05) is 11.6 Å². The molecule has 0 spiro atoms. The van der Waals surface area contributed by atoms with Crippen LogP contribution in [0.3, 0.4) is 0 Å². The van der Waals surface area contributed by atoms with Crippen molar-refractivity contribution in [1.82, 2.24) is 15.2 Å². The fraction of sp³-hybridized carbons (Fsp3) is 0.273. The first-order valence-electron chi connectivity index (χ1n) is 5.42. The van der Waals surface area contributed by atoms with Crippen LogP contribution in [0, 0.1) is 5.82 Å². The van der Waals surface area contributed by atoms with E-state index in [0.29, 0.717) is 22.4 Å². The summed E-state index contributed by atoms with van der Waals surface area (Å²) in [7, 11) is 0. The Balaban J connectivity index is 2.08. The number of aryl methyl sites for hydroxylation is 1. The van der Waals surface area contributed by atoms with Crippen LogP contribution in [0.25, 0.3) is 0 Å². The molecule has 18 heavy (non-hydrogen) atoms. The molecular weight excluding hydrogens is 277 g/mol. The highest BCUT2D eigenvalue weighted by Gasteiger charge is 2.22. The van der Waals surface area contributed by atoms with Crippen LogP contribution in [0.5, 0.6) is 5.75 Å². The highest BCUT2D eigenvalue weighted by atomic mass is 35.5. The second kappa shape index (κ2) is 4.78. The van der Waals surface area contributed by atoms with Crippen molar-refractivity contribution in [2.45, 2.75) is 22.9 Å². The summed E-state index contributed by atoms with van der Waals surface area (Å²) >= 11 is 7.04. The van der Waals surface area contributed by atoms with Gasteiger partial charge in [-0.25, -0.2) is 9.37 Å². The standard InChI is InChI=1S/C11H9ClFN3OS/c12-7-4-6-2-1-3-17-9(6)10(8(7)13)18-11-14-5-15-16-11/h4-5H,1-3H2,(H,14,15,16). The van der Waals surface area contributed by atoms with Crippen LogP contribution in [0.15, 0.2) is 22.4 Å². The Morgan fingerprint density at radius 3 is 3.17 bits per heavy atom. The van der Waals surface area contributed by atoms with E-state index in [-0.39, 0.29) is 5.02 Å². The zero-order valence-electron chi connectivity index (χ0n) is 9.24. The monoisotopic (exact) mass is 285 g/mol. The molecule has 2 heterocycles. The Bertz CT molecular complexity index is 576. The smallest absolute Gasteiger partial charge is 0.188 e. The van der Waals surface area contributed by atoms with E-state index >= 15 is 0 Å². The summed E-state index contributed by atoms with van der Waals surface area (Å²) in [6.45, 7) is 0.595. The number of aromatic nitrogens is 3. The van der Waals surface area contributed by atoms with E-state index in [1.807, 2.05) is 0 Å². The zero-order valence-corrected chi connectivity index (χ0v) is 10.8. The Hall–Kier alpha value is -1.27. The number of hydrogen-bond acceptors (Lipinski definition) is 4. The van der Waals surface area contributed by atoms with Gasteiger partial charge in [-0.2, -0.15) is 5.10 Å². The number of nitrogens with one attached hydrogen (secondary N) is 1. The van der Waals surface area contributed by atoms with E-state index in [1.165, 1.54) is 6.33 Å². The van der Waals surface area contributed by atoms with Crippen molar-refractivity contribution in [2.24, 2.45) is 0 Å². The molecule has 0 unspecified atom stereocenters. The van der Waals surface area contributed by atoms with E-state index in [9.17, 15) is 4.39 Å². The minimum atomic E-state index is -0.473. The van der Waals surface area contributed by atoms with Gasteiger partial charge in [-0.05, 0) is 36.2 Å². The van der Waals surface area contributed by atoms with Gasteiger partial charge in [-0.3, -0.25) is 5.10 Å². The van der Waals surface area contributed by atoms with E-state index in [0.717, 1.165) is 30.2 Å². The molecule has 0 aliphatic carbocycles.